The lowest BCUT2D eigenvalue weighted by molar-refractivity contribution is -0.126. The molecule has 1 aliphatic carbocycles. The van der Waals surface area contributed by atoms with Gasteiger partial charge in [0.1, 0.15) is 0 Å². The van der Waals surface area contributed by atoms with E-state index in [0.29, 0.717) is 6.04 Å². The third-order valence-corrected chi connectivity index (χ3v) is 8.13. The summed E-state index contributed by atoms with van der Waals surface area (Å²) in [5.41, 5.74) is 4.18. The first-order valence-corrected chi connectivity index (χ1v) is 12.9. The minimum atomic E-state index is 0.0497. The summed E-state index contributed by atoms with van der Waals surface area (Å²) in [4.78, 5) is 20.3. The van der Waals surface area contributed by atoms with Gasteiger partial charge in [0.15, 0.2) is 10.8 Å². The molecule has 1 aliphatic heterocycles. The van der Waals surface area contributed by atoms with Gasteiger partial charge < -0.3 is 10.2 Å². The molecule has 0 spiro atoms. The Labute approximate surface area is 194 Å². The van der Waals surface area contributed by atoms with Crippen molar-refractivity contribution in [2.24, 2.45) is 5.92 Å². The predicted molar refractivity (Wildman–Crippen MR) is 131 cm³/mol. The number of nitrogens with one attached hydrogen (secondary N) is 1. The maximum absolute atomic E-state index is 13.0. The van der Waals surface area contributed by atoms with Crippen molar-refractivity contribution in [2.75, 3.05) is 18.0 Å². The summed E-state index contributed by atoms with van der Waals surface area (Å²) in [6.45, 7) is 5.85. The maximum Gasteiger partial charge on any atom is 0.225 e. The maximum atomic E-state index is 13.0. The Morgan fingerprint density at radius 1 is 1.03 bits per heavy atom. The van der Waals surface area contributed by atoms with Crippen molar-refractivity contribution in [1.82, 2.24) is 20.1 Å². The van der Waals surface area contributed by atoms with Crippen molar-refractivity contribution in [2.45, 2.75) is 71.3 Å². The molecule has 3 heterocycles. The largest absolute Gasteiger partial charge is 0.353 e. The van der Waals surface area contributed by atoms with E-state index >= 15 is 0 Å². The molecule has 6 nitrogen and oxygen atoms in total. The molecule has 1 unspecified atom stereocenters. The van der Waals surface area contributed by atoms with Crippen molar-refractivity contribution in [3.05, 3.63) is 35.5 Å². The molecule has 5 rings (SSSR count). The van der Waals surface area contributed by atoms with Crippen molar-refractivity contribution >= 4 is 32.7 Å². The van der Waals surface area contributed by atoms with Gasteiger partial charge >= 0.3 is 0 Å². The molecule has 1 saturated carbocycles. The van der Waals surface area contributed by atoms with E-state index in [1.165, 1.54) is 31.2 Å². The van der Waals surface area contributed by atoms with Crippen LogP contribution in [0.25, 0.3) is 16.0 Å². The van der Waals surface area contributed by atoms with Crippen LogP contribution in [0.5, 0.6) is 0 Å². The second-order valence-corrected chi connectivity index (χ2v) is 10.4. The number of hydrogen-bond acceptors (Lipinski definition) is 5. The lowest BCUT2D eigenvalue weighted by atomic mass is 9.96. The molecule has 3 aromatic rings. The van der Waals surface area contributed by atoms with Gasteiger partial charge in [-0.05, 0) is 51.7 Å². The van der Waals surface area contributed by atoms with Gasteiger partial charge in [0.2, 0.25) is 5.91 Å². The summed E-state index contributed by atoms with van der Waals surface area (Å²) in [5.74, 6) is 0.290. The number of hydrogen-bond donors (Lipinski definition) is 1. The molecule has 2 aliphatic rings. The fourth-order valence-corrected chi connectivity index (χ4v) is 6.05. The van der Waals surface area contributed by atoms with E-state index in [-0.39, 0.29) is 11.8 Å². The Morgan fingerprint density at radius 3 is 2.53 bits per heavy atom. The second-order valence-electron chi connectivity index (χ2n) is 9.46. The zero-order valence-corrected chi connectivity index (χ0v) is 20.0. The van der Waals surface area contributed by atoms with Crippen LogP contribution in [0.15, 0.2) is 24.3 Å². The highest BCUT2D eigenvalue weighted by molar-refractivity contribution is 7.22. The monoisotopic (exact) mass is 451 g/mol. The smallest absolute Gasteiger partial charge is 0.225 e. The number of aryl methyl sites for hydroxylation is 2. The zero-order valence-electron chi connectivity index (χ0n) is 19.1. The quantitative estimate of drug-likeness (QED) is 0.557. The van der Waals surface area contributed by atoms with Crippen LogP contribution in [0, 0.1) is 19.8 Å². The SMILES string of the molecule is Cc1ccc(-n2nc(C)c3sc(N4CCCC(C(=O)NC5CCCCCC5)C4)nc32)cc1. The number of fused-ring (bicyclic) bond motifs is 1. The second kappa shape index (κ2) is 9.22. The molecule has 2 fully saturated rings. The van der Waals surface area contributed by atoms with E-state index in [0.717, 1.165) is 65.6 Å². The molecule has 1 saturated heterocycles. The van der Waals surface area contributed by atoms with Gasteiger partial charge in [-0.15, -0.1) is 0 Å². The standard InChI is InChI=1S/C25H33N5OS/c1-17-11-13-21(14-12-17)30-23-22(18(2)28-30)32-25(27-23)29-15-7-8-19(16-29)24(31)26-20-9-5-3-4-6-10-20/h11-14,19-20H,3-10,15-16H2,1-2H3,(H,26,31). The number of aromatic nitrogens is 3. The van der Waals surface area contributed by atoms with Gasteiger partial charge in [-0.3, -0.25) is 4.79 Å². The Balaban J connectivity index is 1.33. The number of anilines is 1. The summed E-state index contributed by atoms with van der Waals surface area (Å²) >= 11 is 1.70. The number of nitrogens with zero attached hydrogens (tertiary/aromatic N) is 4. The molecule has 2 aromatic heterocycles. The minimum Gasteiger partial charge on any atom is -0.353 e. The van der Waals surface area contributed by atoms with E-state index < -0.39 is 0 Å². The fraction of sp³-hybridized carbons (Fsp3) is 0.560. The van der Waals surface area contributed by atoms with Crippen LogP contribution in [0.3, 0.4) is 0 Å². The molecule has 0 radical (unpaired) electrons. The highest BCUT2D eigenvalue weighted by Gasteiger charge is 2.29. The average molecular weight is 452 g/mol. The Hall–Kier alpha value is -2.41. The summed E-state index contributed by atoms with van der Waals surface area (Å²) in [6, 6.07) is 8.76. The van der Waals surface area contributed by atoms with Crippen LogP contribution in [-0.2, 0) is 4.79 Å². The first kappa shape index (κ1) is 21.4. The predicted octanol–water partition coefficient (Wildman–Crippen LogP) is 5.15. The zero-order chi connectivity index (χ0) is 22.1. The van der Waals surface area contributed by atoms with Crippen LogP contribution in [-0.4, -0.2) is 39.8 Å². The molecule has 1 aromatic carbocycles. The topological polar surface area (TPSA) is 63.1 Å². The Bertz CT molecular complexity index is 1080. The summed E-state index contributed by atoms with van der Waals surface area (Å²) in [6.07, 6.45) is 9.36. The van der Waals surface area contributed by atoms with Gasteiger partial charge in [-0.25, -0.2) is 4.68 Å². The summed E-state index contributed by atoms with van der Waals surface area (Å²) in [5, 5.41) is 9.11. The molecule has 32 heavy (non-hydrogen) atoms. The third kappa shape index (κ3) is 4.40. The van der Waals surface area contributed by atoms with E-state index in [2.05, 4.69) is 41.4 Å². The van der Waals surface area contributed by atoms with E-state index in [4.69, 9.17) is 10.1 Å². The number of rotatable bonds is 4. The first-order chi connectivity index (χ1) is 15.6. The van der Waals surface area contributed by atoms with Gasteiger partial charge in [-0.2, -0.15) is 10.1 Å². The molecule has 1 amide bonds. The fourth-order valence-electron chi connectivity index (χ4n) is 5.03. The van der Waals surface area contributed by atoms with Crippen molar-refractivity contribution in [1.29, 1.82) is 0 Å². The molecule has 1 atom stereocenters. The Morgan fingerprint density at radius 2 is 1.78 bits per heavy atom. The lowest BCUT2D eigenvalue weighted by Crippen LogP contribution is -2.46. The minimum absolute atomic E-state index is 0.0497. The average Bonchev–Trinajstić information content (AvgIpc) is 3.26. The van der Waals surface area contributed by atoms with Crippen LogP contribution < -0.4 is 10.2 Å². The van der Waals surface area contributed by atoms with Crippen molar-refractivity contribution in [3.8, 4) is 5.69 Å². The van der Waals surface area contributed by atoms with E-state index in [1.807, 2.05) is 11.6 Å². The molecular formula is C25H33N5OS. The molecular weight excluding hydrogens is 418 g/mol. The number of thiazole rings is 1. The molecule has 7 heteroatoms. The number of benzene rings is 1. The molecule has 1 N–H and O–H groups in total. The van der Waals surface area contributed by atoms with Crippen LogP contribution in [0.2, 0.25) is 0 Å². The van der Waals surface area contributed by atoms with E-state index in [1.54, 1.807) is 11.3 Å². The molecule has 0 bridgehead atoms. The number of carbonyl (C=O) groups excluding carboxylic acids is 1. The van der Waals surface area contributed by atoms with Crippen molar-refractivity contribution < 1.29 is 4.79 Å². The lowest BCUT2D eigenvalue weighted by Gasteiger charge is -2.32. The van der Waals surface area contributed by atoms with Crippen LogP contribution >= 0.6 is 11.3 Å². The van der Waals surface area contributed by atoms with Crippen LogP contribution in [0.4, 0.5) is 5.13 Å². The van der Waals surface area contributed by atoms with E-state index in [9.17, 15) is 4.79 Å². The summed E-state index contributed by atoms with van der Waals surface area (Å²) in [7, 11) is 0. The molecule has 170 valence electrons. The Kier molecular flexibility index (Phi) is 6.17. The third-order valence-electron chi connectivity index (χ3n) is 6.92. The highest BCUT2D eigenvalue weighted by Crippen LogP contribution is 2.34. The normalized spacial score (nSPS) is 20.4. The highest BCUT2D eigenvalue weighted by atomic mass is 32.1. The number of carbonyl (C=O) groups is 1. The van der Waals surface area contributed by atoms with Gasteiger partial charge in [0.25, 0.3) is 0 Å². The number of amides is 1. The first-order valence-electron chi connectivity index (χ1n) is 12.1. The van der Waals surface area contributed by atoms with Gasteiger partial charge in [-0.1, -0.05) is 54.7 Å². The summed E-state index contributed by atoms with van der Waals surface area (Å²) < 4.78 is 3.08. The van der Waals surface area contributed by atoms with Crippen LogP contribution in [0.1, 0.15) is 62.6 Å². The van der Waals surface area contributed by atoms with Gasteiger partial charge in [0, 0.05) is 19.1 Å². The van der Waals surface area contributed by atoms with Crippen molar-refractivity contribution in [3.63, 3.8) is 0 Å². The number of piperidine rings is 1. The van der Waals surface area contributed by atoms with Gasteiger partial charge in [0.05, 0.1) is 22.0 Å².